The number of hydrogen-bond acceptors (Lipinski definition) is 46. The summed E-state index contributed by atoms with van der Waals surface area (Å²) in [5, 5.41) is 272. The number of carbonyl (C=O) groups excluding carboxylic acids is 4. The Labute approximate surface area is 839 Å². The Bertz CT molecular complexity index is 4490. The average molecular weight is 2080 g/mol. The van der Waals surface area contributed by atoms with Gasteiger partial charge in [0, 0.05) is 18.8 Å². The molecule has 8 saturated heterocycles. The molecule has 0 spiro atoms. The number of fused-ring (bicyclic) bond motifs is 7. The molecule has 12 fully saturated rings. The van der Waals surface area contributed by atoms with Gasteiger partial charge in [-0.15, -0.1) is 13.2 Å². The summed E-state index contributed by atoms with van der Waals surface area (Å²) < 4.78 is 110. The quantitative estimate of drug-likeness (QED) is 0.00924. The molecule has 50 unspecified atom stereocenters. The minimum absolute atomic E-state index is 0.0700. The van der Waals surface area contributed by atoms with Crippen molar-refractivity contribution >= 4 is 23.8 Å². The molecule has 47 heteroatoms. The number of rotatable bonds is 35. The van der Waals surface area contributed by atoms with Gasteiger partial charge in [-0.3, -0.25) is 9.59 Å². The van der Waals surface area contributed by atoms with Gasteiger partial charge in [-0.2, -0.15) is 0 Å². The highest BCUT2D eigenvalue weighted by atomic mass is 16.8. The Balaban J connectivity index is 0.794. The highest BCUT2D eigenvalue weighted by molar-refractivity contribution is 5.89. The first-order valence-corrected chi connectivity index (χ1v) is 50.0. The molecule has 0 aromatic carbocycles. The second-order valence-electron chi connectivity index (χ2n) is 44.1. The number of esters is 3. The zero-order valence-electron chi connectivity index (χ0n) is 83.9. The maximum Gasteiger partial charge on any atom is 0.336 e. The van der Waals surface area contributed by atoms with Crippen LogP contribution in [0.15, 0.2) is 60.3 Å². The maximum absolute atomic E-state index is 16.9. The smallest absolute Gasteiger partial charge is 0.336 e. The monoisotopic (exact) mass is 2080 g/mol. The molecule has 0 radical (unpaired) electrons. The van der Waals surface area contributed by atoms with E-state index in [0.717, 1.165) is 0 Å². The van der Waals surface area contributed by atoms with E-state index in [1.807, 2.05) is 20.8 Å². The van der Waals surface area contributed by atoms with Gasteiger partial charge < -0.3 is 213 Å². The molecule has 25 N–H and O–H groups in total. The van der Waals surface area contributed by atoms with Gasteiger partial charge in [0.1, 0.15) is 164 Å². The summed E-state index contributed by atoms with van der Waals surface area (Å²) in [4.78, 5) is 58.6. The van der Waals surface area contributed by atoms with Gasteiger partial charge in [-0.1, -0.05) is 84.4 Å². The Hall–Kier alpha value is -4.98. The van der Waals surface area contributed by atoms with Crippen LogP contribution in [0.25, 0.3) is 0 Å². The minimum Gasteiger partial charge on any atom is -0.458 e. The molecule has 0 aromatic heterocycles. The van der Waals surface area contributed by atoms with Crippen LogP contribution in [0.1, 0.15) is 167 Å². The van der Waals surface area contributed by atoms with Crippen molar-refractivity contribution < 1.29 is 227 Å². The van der Waals surface area contributed by atoms with Crippen molar-refractivity contribution in [3.05, 3.63) is 60.3 Å². The molecule has 8 heterocycles. The molecular weight excluding hydrogens is 1930 g/mol. The largest absolute Gasteiger partial charge is 0.458 e. The standard InChI is InChI=1S/C98H155NO46/c1-16-93(11,127)26-18-20-45(34-101)81(125)139-76-60(109)41(4)130-87(73(76)122)145-94(12,17-2)27-19-21-44(33-100)80(124)137-57-32-98(90(126)144-89-79(69(118)63(112)50(36-103)135-89)143-86-74(123)77(141-85-72(121)67(116)62(111)49(35-102)133-85)75(42(5)132-86)140-84-71(120)64(113)51(37-104)134-84)47(30-91(57,7)8)46-22-23-54-95(13)28-25-56(92(9,10)53(95)24-29-96(54,14)97(46,15)31-55(98)107)138-82-58(99-43(6)105)66(115)65(114)52(136-82)39-129-88-78(68(117)59(108)40(3)131-88)142-83-70(119)61(110)48(106)38-128-83/h16-17,20-22,40-42,47-79,82-89,100-104,106-123,127H,1-2,18-19,23-39H2,3-15H3,(H,99,105). The first-order chi connectivity index (χ1) is 68.0. The van der Waals surface area contributed by atoms with Crippen molar-refractivity contribution in [2.75, 3.05) is 46.2 Å². The normalized spacial score (nSPS) is 47.7. The van der Waals surface area contributed by atoms with Gasteiger partial charge in [0.2, 0.25) is 12.2 Å². The number of amides is 1. The maximum atomic E-state index is 16.9. The van der Waals surface area contributed by atoms with E-state index in [2.05, 4.69) is 38.4 Å². The van der Waals surface area contributed by atoms with Crippen LogP contribution < -0.4 is 5.32 Å². The van der Waals surface area contributed by atoms with E-state index >= 15 is 9.59 Å². The molecule has 0 aromatic rings. The number of carbonyl (C=O) groups is 4. The third-order valence-electron chi connectivity index (χ3n) is 34.0. The van der Waals surface area contributed by atoms with Crippen LogP contribution in [0.2, 0.25) is 0 Å². The lowest BCUT2D eigenvalue weighted by Gasteiger charge is -2.72. The SMILES string of the molecule is C=CC(C)(O)CCC=C(CO)C(=O)OC1C(O)C(C)OC(OC(C)(C=C)CCC=C(CO)C(=O)OC2CC3(C(=O)OC4OC(CO)C(O)C(O)C4OC4OC(C)C(OC5OC(CO)C(O)C5O)C(OC5OC(CO)C(O)C(O)C5O)C4O)C(O)CC4(C)C(=CCC5C6(C)CCC(OC7OC(COC8OC(C)C(O)C(O)C8OC8OCC(O)C(O)C8O)C(O)C(O)C7NC(C)=O)C(C)(C)C6CCC54C)C3CC2(C)C)C1O. The lowest BCUT2D eigenvalue weighted by atomic mass is 9.33. The fourth-order valence-corrected chi connectivity index (χ4v) is 24.6. The number of nitrogens with one attached hydrogen (secondary N) is 1. The Morgan fingerprint density at radius 1 is 0.476 bits per heavy atom. The first kappa shape index (κ1) is 117. The fraction of sp³-hybridized carbons (Fsp3) is 0.857. The lowest BCUT2D eigenvalue weighted by Crippen LogP contribution is -2.70. The van der Waals surface area contributed by atoms with Gasteiger partial charge in [0.05, 0.1) is 99.1 Å². The lowest BCUT2D eigenvalue weighted by molar-refractivity contribution is -0.390. The minimum atomic E-state index is -2.30. The number of ether oxygens (including phenoxy) is 18. The average Bonchev–Trinajstić information content (AvgIpc) is 1.24. The Kier molecular flexibility index (Phi) is 37.4. The molecule has 50 atom stereocenters. The fourth-order valence-electron chi connectivity index (χ4n) is 24.6. The molecule has 47 nitrogen and oxygen atoms in total. The number of aliphatic hydroxyl groups is 24. The third kappa shape index (κ3) is 23.0. The zero-order valence-corrected chi connectivity index (χ0v) is 83.9. The Morgan fingerprint density at radius 3 is 1.59 bits per heavy atom. The molecule has 13 rings (SSSR count). The molecule has 5 aliphatic carbocycles. The van der Waals surface area contributed by atoms with E-state index in [4.69, 9.17) is 85.3 Å². The van der Waals surface area contributed by atoms with E-state index in [-0.39, 0.29) is 61.5 Å². The molecule has 8 aliphatic heterocycles. The predicted molar refractivity (Wildman–Crippen MR) is 490 cm³/mol. The van der Waals surface area contributed by atoms with E-state index in [0.29, 0.717) is 37.7 Å². The van der Waals surface area contributed by atoms with Gasteiger partial charge in [-0.25, -0.2) is 9.59 Å². The van der Waals surface area contributed by atoms with Crippen molar-refractivity contribution in [2.45, 2.75) is 430 Å². The molecular formula is C98H155NO46. The van der Waals surface area contributed by atoms with Gasteiger partial charge >= 0.3 is 17.9 Å². The molecule has 1 amide bonds. The van der Waals surface area contributed by atoms with Gasteiger partial charge in [0.15, 0.2) is 56.2 Å². The van der Waals surface area contributed by atoms with Crippen LogP contribution in [-0.4, -0.2) is 456 Å². The first-order valence-electron chi connectivity index (χ1n) is 50.0. The van der Waals surface area contributed by atoms with E-state index in [1.54, 1.807) is 20.8 Å². The molecule has 0 bridgehead atoms. The van der Waals surface area contributed by atoms with Crippen LogP contribution in [-0.2, 0) is 104 Å². The number of hydrogen-bond donors (Lipinski definition) is 25. The summed E-state index contributed by atoms with van der Waals surface area (Å²) >= 11 is 0. The van der Waals surface area contributed by atoms with Crippen LogP contribution >= 0.6 is 0 Å². The van der Waals surface area contributed by atoms with Crippen molar-refractivity contribution in [3.8, 4) is 0 Å². The summed E-state index contributed by atoms with van der Waals surface area (Å²) in [6.45, 7) is 24.4. The molecule has 145 heavy (non-hydrogen) atoms. The van der Waals surface area contributed by atoms with Gasteiger partial charge in [0.25, 0.3) is 0 Å². The summed E-state index contributed by atoms with van der Waals surface area (Å²) in [5.74, 6) is -5.56. The summed E-state index contributed by atoms with van der Waals surface area (Å²) in [6.07, 6.45) is -60.8. The van der Waals surface area contributed by atoms with Crippen LogP contribution in [0, 0.1) is 50.2 Å². The summed E-state index contributed by atoms with van der Waals surface area (Å²) in [6, 6.07) is -1.38. The van der Waals surface area contributed by atoms with Crippen LogP contribution in [0.3, 0.4) is 0 Å². The van der Waals surface area contributed by atoms with E-state index in [9.17, 15) is 132 Å². The summed E-state index contributed by atoms with van der Waals surface area (Å²) in [5.41, 5.74) is -9.27. The van der Waals surface area contributed by atoms with Crippen LogP contribution in [0.5, 0.6) is 0 Å². The molecule has 4 saturated carbocycles. The third-order valence-corrected chi connectivity index (χ3v) is 34.0. The molecule has 13 aliphatic rings. The number of aliphatic hydroxyl groups excluding tert-OH is 23. The highest BCUT2D eigenvalue weighted by Gasteiger charge is 2.74. The van der Waals surface area contributed by atoms with Crippen molar-refractivity contribution in [3.63, 3.8) is 0 Å². The Morgan fingerprint density at radius 2 is 0.986 bits per heavy atom. The van der Waals surface area contributed by atoms with Crippen molar-refractivity contribution in [1.82, 2.24) is 5.32 Å². The highest BCUT2D eigenvalue weighted by Crippen LogP contribution is 2.76. The van der Waals surface area contributed by atoms with E-state index in [1.165, 1.54) is 58.9 Å². The van der Waals surface area contributed by atoms with Crippen LogP contribution in [0.4, 0.5) is 0 Å². The van der Waals surface area contributed by atoms with Gasteiger partial charge in [-0.05, 0) is 145 Å². The summed E-state index contributed by atoms with van der Waals surface area (Å²) in [7, 11) is 0. The predicted octanol–water partition coefficient (Wildman–Crippen LogP) is -5.92. The number of allylic oxidation sites excluding steroid dienone is 4. The zero-order chi connectivity index (χ0) is 107. The topological polar surface area (TPSA) is 732 Å². The second kappa shape index (κ2) is 46.4. The van der Waals surface area contributed by atoms with E-state index < -0.39 is 378 Å². The molecule has 828 valence electrons. The van der Waals surface area contributed by atoms with Crippen molar-refractivity contribution in [2.24, 2.45) is 50.2 Å². The van der Waals surface area contributed by atoms with Crippen molar-refractivity contribution in [1.29, 1.82) is 0 Å². The second-order valence-corrected chi connectivity index (χ2v) is 44.1.